The first-order valence-corrected chi connectivity index (χ1v) is 14.6. The zero-order chi connectivity index (χ0) is 23.4. The highest BCUT2D eigenvalue weighted by atomic mass is 16.5. The van der Waals surface area contributed by atoms with E-state index in [4.69, 9.17) is 9.47 Å². The first-order chi connectivity index (χ1) is 15.9. The number of Topliss-reactive ketones (excluding diaryl/α,β-unsaturated/α-hetero) is 1. The second-order valence-electron chi connectivity index (χ2n) is 12.9. The Morgan fingerprint density at radius 2 is 1.30 bits per heavy atom. The van der Waals surface area contributed by atoms with Gasteiger partial charge in [-0.25, -0.2) is 0 Å². The molecule has 3 nitrogen and oxygen atoms in total. The highest BCUT2D eigenvalue weighted by Gasteiger charge is 2.43. The molecule has 0 aromatic heterocycles. The maximum atomic E-state index is 13.4. The van der Waals surface area contributed by atoms with Crippen LogP contribution in [0.5, 0.6) is 0 Å². The van der Waals surface area contributed by atoms with E-state index in [1.54, 1.807) is 0 Å². The largest absolute Gasteiger partial charge is 0.381 e. The Labute approximate surface area is 204 Å². The number of carbonyl (C=O) groups is 1. The molecule has 0 saturated heterocycles. The van der Waals surface area contributed by atoms with E-state index in [0.29, 0.717) is 35.2 Å². The van der Waals surface area contributed by atoms with Gasteiger partial charge in [0.15, 0.2) is 0 Å². The number of hydrogen-bond donors (Lipinski definition) is 0. The molecule has 190 valence electrons. The van der Waals surface area contributed by atoms with Crippen molar-refractivity contribution in [2.24, 2.45) is 35.0 Å². The van der Waals surface area contributed by atoms with Crippen LogP contribution in [0.2, 0.25) is 0 Å². The van der Waals surface area contributed by atoms with E-state index in [1.165, 1.54) is 77.0 Å². The monoisotopic (exact) mass is 460 g/mol. The number of carbonyl (C=O) groups excluding carboxylic acids is 1. The average molecular weight is 461 g/mol. The minimum Gasteiger partial charge on any atom is -0.381 e. The lowest BCUT2D eigenvalue weighted by Crippen LogP contribution is -2.43. The van der Waals surface area contributed by atoms with Crippen LogP contribution in [0.15, 0.2) is 0 Å². The Morgan fingerprint density at radius 1 is 0.727 bits per heavy atom. The summed E-state index contributed by atoms with van der Waals surface area (Å²) in [5, 5.41) is 0. The zero-order valence-electron chi connectivity index (χ0n) is 22.2. The molecule has 3 unspecified atom stereocenters. The summed E-state index contributed by atoms with van der Waals surface area (Å²) in [5.74, 6) is 3.41. The lowest BCUT2D eigenvalue weighted by Gasteiger charge is -2.47. The van der Waals surface area contributed by atoms with E-state index in [-0.39, 0.29) is 12.0 Å². The second-order valence-corrected chi connectivity index (χ2v) is 12.9. The molecule has 4 fully saturated rings. The molecule has 4 aliphatic rings. The van der Waals surface area contributed by atoms with Crippen molar-refractivity contribution in [1.29, 1.82) is 0 Å². The molecule has 0 aromatic rings. The SMILES string of the molecule is COC1CCC(C(C)(C)C2CCC(OC3CC(C)CCC3C(=O)C3CCCCC3)CC2)CC1. The molecule has 3 heteroatoms. The van der Waals surface area contributed by atoms with E-state index in [1.807, 2.05) is 7.11 Å². The van der Waals surface area contributed by atoms with Gasteiger partial charge in [-0.2, -0.15) is 0 Å². The molecule has 0 amide bonds. The van der Waals surface area contributed by atoms with Crippen LogP contribution < -0.4 is 0 Å². The van der Waals surface area contributed by atoms with Gasteiger partial charge < -0.3 is 9.47 Å². The Balaban J connectivity index is 1.30. The maximum absolute atomic E-state index is 13.4. The molecule has 4 saturated carbocycles. The number of rotatable bonds is 7. The topological polar surface area (TPSA) is 35.5 Å². The van der Waals surface area contributed by atoms with E-state index in [2.05, 4.69) is 20.8 Å². The standard InChI is InChI=1S/C30H52O3/c1-21-10-19-27(29(31)22-8-6-5-7-9-22)28(20-21)33-26-17-13-24(14-18-26)30(2,3)23-11-15-25(32-4)16-12-23/h21-28H,5-20H2,1-4H3. The van der Waals surface area contributed by atoms with Crippen LogP contribution in [0, 0.1) is 35.0 Å². The fraction of sp³-hybridized carbons (Fsp3) is 0.967. The highest BCUT2D eigenvalue weighted by molar-refractivity contribution is 5.84. The van der Waals surface area contributed by atoms with Gasteiger partial charge in [0.25, 0.3) is 0 Å². The molecule has 0 bridgehead atoms. The second kappa shape index (κ2) is 11.5. The highest BCUT2D eigenvalue weighted by Crippen LogP contribution is 2.49. The molecule has 3 atom stereocenters. The molecular weight excluding hydrogens is 408 g/mol. The van der Waals surface area contributed by atoms with Gasteiger partial charge in [0, 0.05) is 18.9 Å². The van der Waals surface area contributed by atoms with Crippen molar-refractivity contribution in [1.82, 2.24) is 0 Å². The molecule has 4 rings (SSSR count). The first kappa shape index (κ1) is 25.7. The summed E-state index contributed by atoms with van der Waals surface area (Å²) in [4.78, 5) is 13.4. The lowest BCUT2D eigenvalue weighted by atomic mass is 9.60. The molecule has 33 heavy (non-hydrogen) atoms. The van der Waals surface area contributed by atoms with Crippen LogP contribution in [0.3, 0.4) is 0 Å². The van der Waals surface area contributed by atoms with Gasteiger partial charge in [-0.15, -0.1) is 0 Å². The smallest absolute Gasteiger partial charge is 0.141 e. The molecular formula is C30H52O3. The molecule has 4 aliphatic carbocycles. The van der Waals surface area contributed by atoms with E-state index < -0.39 is 0 Å². The number of ether oxygens (including phenoxy) is 2. The number of methoxy groups -OCH3 is 1. The fourth-order valence-corrected chi connectivity index (χ4v) is 8.06. The summed E-state index contributed by atoms with van der Waals surface area (Å²) in [6.07, 6.45) is 20.6. The minimum absolute atomic E-state index is 0.175. The van der Waals surface area contributed by atoms with Crippen LogP contribution in [0.4, 0.5) is 0 Å². The van der Waals surface area contributed by atoms with Crippen molar-refractivity contribution >= 4 is 5.78 Å². The normalized spacial score (nSPS) is 39.3. The zero-order valence-corrected chi connectivity index (χ0v) is 22.2. The van der Waals surface area contributed by atoms with Crippen molar-refractivity contribution < 1.29 is 14.3 Å². The van der Waals surface area contributed by atoms with Crippen LogP contribution in [0.1, 0.15) is 124 Å². The van der Waals surface area contributed by atoms with E-state index >= 15 is 0 Å². The van der Waals surface area contributed by atoms with Crippen LogP contribution in [0.25, 0.3) is 0 Å². The Kier molecular flexibility index (Phi) is 8.99. The summed E-state index contributed by atoms with van der Waals surface area (Å²) >= 11 is 0. The molecule has 0 heterocycles. The predicted octanol–water partition coefficient (Wildman–Crippen LogP) is 7.75. The molecule has 0 aliphatic heterocycles. The predicted molar refractivity (Wildman–Crippen MR) is 135 cm³/mol. The van der Waals surface area contributed by atoms with Gasteiger partial charge in [0.05, 0.1) is 18.3 Å². The maximum Gasteiger partial charge on any atom is 0.141 e. The molecule has 0 radical (unpaired) electrons. The van der Waals surface area contributed by atoms with Crippen molar-refractivity contribution in [3.8, 4) is 0 Å². The molecule has 0 aromatic carbocycles. The first-order valence-electron chi connectivity index (χ1n) is 14.6. The minimum atomic E-state index is 0.175. The van der Waals surface area contributed by atoms with Crippen LogP contribution in [-0.4, -0.2) is 31.2 Å². The Hall–Kier alpha value is -0.410. The Bertz CT molecular complexity index is 606. The summed E-state index contributed by atoms with van der Waals surface area (Å²) in [5.41, 5.74) is 0.419. The number of hydrogen-bond acceptors (Lipinski definition) is 3. The summed E-state index contributed by atoms with van der Waals surface area (Å²) < 4.78 is 12.4. The van der Waals surface area contributed by atoms with Gasteiger partial charge in [0.2, 0.25) is 0 Å². The molecule has 0 spiro atoms. The van der Waals surface area contributed by atoms with Crippen molar-refractivity contribution in [3.63, 3.8) is 0 Å². The third kappa shape index (κ3) is 6.24. The molecule has 0 N–H and O–H groups in total. The third-order valence-corrected chi connectivity index (χ3v) is 10.6. The van der Waals surface area contributed by atoms with Gasteiger partial charge in [-0.3, -0.25) is 4.79 Å². The van der Waals surface area contributed by atoms with Crippen LogP contribution >= 0.6 is 0 Å². The van der Waals surface area contributed by atoms with Gasteiger partial charge >= 0.3 is 0 Å². The quantitative estimate of drug-likeness (QED) is 0.389. The van der Waals surface area contributed by atoms with Crippen molar-refractivity contribution in [2.45, 2.75) is 142 Å². The average Bonchev–Trinajstić information content (AvgIpc) is 2.85. The summed E-state index contributed by atoms with van der Waals surface area (Å²) in [6, 6.07) is 0. The van der Waals surface area contributed by atoms with Gasteiger partial charge in [-0.05, 0) is 107 Å². The lowest BCUT2D eigenvalue weighted by molar-refractivity contribution is -0.142. The van der Waals surface area contributed by atoms with Crippen molar-refractivity contribution in [3.05, 3.63) is 0 Å². The summed E-state index contributed by atoms with van der Waals surface area (Å²) in [6.45, 7) is 7.44. The third-order valence-electron chi connectivity index (χ3n) is 10.6. The van der Waals surface area contributed by atoms with E-state index in [9.17, 15) is 4.79 Å². The Morgan fingerprint density at radius 3 is 1.88 bits per heavy atom. The number of ketones is 1. The van der Waals surface area contributed by atoms with E-state index in [0.717, 1.165) is 37.5 Å². The van der Waals surface area contributed by atoms with Crippen molar-refractivity contribution in [2.75, 3.05) is 7.11 Å². The van der Waals surface area contributed by atoms with Gasteiger partial charge in [0.1, 0.15) is 5.78 Å². The van der Waals surface area contributed by atoms with Crippen LogP contribution in [-0.2, 0) is 14.3 Å². The van der Waals surface area contributed by atoms with Gasteiger partial charge in [-0.1, -0.05) is 40.0 Å². The summed E-state index contributed by atoms with van der Waals surface area (Å²) in [7, 11) is 1.87. The fourth-order valence-electron chi connectivity index (χ4n) is 8.06.